The molecule has 3 rings (SSSR count). The number of piperidine rings is 2. The minimum Gasteiger partial charge on any atom is -0.342 e. The maximum atomic E-state index is 12.7. The number of benzene rings is 1. The summed E-state index contributed by atoms with van der Waals surface area (Å²) in [4.78, 5) is 16.3. The summed E-state index contributed by atoms with van der Waals surface area (Å²) in [6.45, 7) is 4.98. The Balaban J connectivity index is 1.59. The molecule has 4 heteroatoms. The number of nitrogens with one attached hydrogen (secondary N) is 1. The second kappa shape index (κ2) is 7.47. The van der Waals surface area contributed by atoms with Crippen molar-refractivity contribution in [2.24, 2.45) is 5.92 Å². The van der Waals surface area contributed by atoms with Crippen LogP contribution in [0.15, 0.2) is 24.3 Å². The largest absolute Gasteiger partial charge is 0.342 e. The molecule has 2 heterocycles. The Labute approximate surface area is 138 Å². The second-order valence-corrected chi connectivity index (χ2v) is 7.10. The molecule has 2 atom stereocenters. The van der Waals surface area contributed by atoms with Gasteiger partial charge in [0.1, 0.15) is 6.54 Å². The van der Waals surface area contributed by atoms with Crippen LogP contribution in [0, 0.1) is 5.92 Å². The smallest absolute Gasteiger partial charge is 0.231 e. The van der Waals surface area contributed by atoms with Crippen LogP contribution >= 0.6 is 11.6 Å². The van der Waals surface area contributed by atoms with E-state index >= 15 is 0 Å². The van der Waals surface area contributed by atoms with Crippen LogP contribution in [0.25, 0.3) is 0 Å². The molecule has 2 saturated heterocycles. The normalized spacial score (nSPS) is 26.0. The van der Waals surface area contributed by atoms with Crippen LogP contribution in [0.2, 0.25) is 5.02 Å². The number of amides is 1. The molecule has 2 aliphatic rings. The van der Waals surface area contributed by atoms with E-state index in [-0.39, 0.29) is 5.92 Å². The lowest BCUT2D eigenvalue weighted by atomic mass is 9.95. The van der Waals surface area contributed by atoms with E-state index in [1.165, 1.54) is 29.7 Å². The van der Waals surface area contributed by atoms with Gasteiger partial charge < -0.3 is 9.80 Å². The fourth-order valence-electron chi connectivity index (χ4n) is 3.81. The Kier molecular flexibility index (Phi) is 5.37. The lowest BCUT2D eigenvalue weighted by Crippen LogP contribution is -3.12. The molecule has 3 nitrogen and oxygen atoms in total. The third-order valence-corrected chi connectivity index (χ3v) is 5.40. The maximum Gasteiger partial charge on any atom is 0.231 e. The van der Waals surface area contributed by atoms with Gasteiger partial charge in [-0.2, -0.15) is 0 Å². The van der Waals surface area contributed by atoms with Crippen molar-refractivity contribution >= 4 is 17.5 Å². The summed E-state index contributed by atoms with van der Waals surface area (Å²) in [6.07, 6.45) is 5.83. The molecule has 0 radical (unpaired) electrons. The second-order valence-electron chi connectivity index (χ2n) is 6.70. The summed E-state index contributed by atoms with van der Waals surface area (Å²) in [5.74, 6) is 0.611. The molecule has 0 saturated carbocycles. The molecule has 1 aromatic rings. The lowest BCUT2D eigenvalue weighted by Gasteiger charge is -2.34. The monoisotopic (exact) mass is 321 g/mol. The zero-order chi connectivity index (χ0) is 15.4. The van der Waals surface area contributed by atoms with Crippen LogP contribution < -0.4 is 4.90 Å². The van der Waals surface area contributed by atoms with Gasteiger partial charge >= 0.3 is 0 Å². The summed E-state index contributed by atoms with van der Waals surface area (Å²) in [6, 6.07) is 8.07. The molecule has 2 aliphatic heterocycles. The van der Waals surface area contributed by atoms with Crippen LogP contribution in [0.4, 0.5) is 0 Å². The topological polar surface area (TPSA) is 24.8 Å². The van der Waals surface area contributed by atoms with Crippen LogP contribution in [0.3, 0.4) is 0 Å². The van der Waals surface area contributed by atoms with Crippen molar-refractivity contribution in [2.75, 3.05) is 26.2 Å². The number of rotatable bonds is 3. The standard InChI is InChI=1S/C18H25ClN2O/c19-17-9-3-2-7-15(17)13-20-10-6-8-16(14-20)18(22)21-11-4-1-5-12-21/h2-3,7,9,16H,1,4-6,8,10-14H2/p+1. The SMILES string of the molecule is O=C(C1CCC[NH+](Cc2ccccc2Cl)C1)N1CCCCC1. The number of nitrogens with zero attached hydrogens (tertiary/aromatic N) is 1. The summed E-state index contributed by atoms with van der Waals surface area (Å²) >= 11 is 6.28. The lowest BCUT2D eigenvalue weighted by molar-refractivity contribution is -0.921. The van der Waals surface area contributed by atoms with Crippen LogP contribution in [0.1, 0.15) is 37.7 Å². The highest BCUT2D eigenvalue weighted by atomic mass is 35.5. The Hall–Kier alpha value is -1.06. The highest BCUT2D eigenvalue weighted by Gasteiger charge is 2.32. The summed E-state index contributed by atoms with van der Waals surface area (Å²) in [5.41, 5.74) is 1.20. The maximum absolute atomic E-state index is 12.7. The Morgan fingerprint density at radius 1 is 1.18 bits per heavy atom. The molecule has 22 heavy (non-hydrogen) atoms. The number of carbonyl (C=O) groups is 1. The summed E-state index contributed by atoms with van der Waals surface area (Å²) in [7, 11) is 0. The van der Waals surface area contributed by atoms with Gasteiger partial charge in [-0.3, -0.25) is 4.79 Å². The third kappa shape index (κ3) is 3.82. The fraction of sp³-hybridized carbons (Fsp3) is 0.611. The van der Waals surface area contributed by atoms with Gasteiger partial charge in [0, 0.05) is 23.7 Å². The van der Waals surface area contributed by atoms with Crippen molar-refractivity contribution in [2.45, 2.75) is 38.6 Å². The Bertz CT molecular complexity index is 514. The zero-order valence-corrected chi connectivity index (χ0v) is 13.9. The summed E-state index contributed by atoms with van der Waals surface area (Å²) < 4.78 is 0. The minimum absolute atomic E-state index is 0.212. The van der Waals surface area contributed by atoms with Crippen molar-refractivity contribution in [3.8, 4) is 0 Å². The van der Waals surface area contributed by atoms with Gasteiger partial charge in [0.2, 0.25) is 5.91 Å². The van der Waals surface area contributed by atoms with Crippen LogP contribution in [-0.4, -0.2) is 37.0 Å². The first-order valence-corrected chi connectivity index (χ1v) is 8.97. The quantitative estimate of drug-likeness (QED) is 0.906. The molecule has 0 aromatic heterocycles. The number of quaternary nitrogens is 1. The molecular formula is C18H26ClN2O+. The van der Waals surface area contributed by atoms with Gasteiger partial charge in [0.05, 0.1) is 19.0 Å². The molecule has 2 unspecified atom stereocenters. The minimum atomic E-state index is 0.212. The van der Waals surface area contributed by atoms with Gasteiger partial charge in [-0.25, -0.2) is 0 Å². The predicted molar refractivity (Wildman–Crippen MR) is 89.0 cm³/mol. The van der Waals surface area contributed by atoms with Crippen molar-refractivity contribution in [3.05, 3.63) is 34.9 Å². The molecule has 1 N–H and O–H groups in total. The molecule has 2 fully saturated rings. The van der Waals surface area contributed by atoms with Gasteiger partial charge in [-0.15, -0.1) is 0 Å². The van der Waals surface area contributed by atoms with Crippen molar-refractivity contribution in [1.82, 2.24) is 4.90 Å². The van der Waals surface area contributed by atoms with Gasteiger partial charge in [0.25, 0.3) is 0 Å². The Morgan fingerprint density at radius 2 is 1.95 bits per heavy atom. The Morgan fingerprint density at radius 3 is 2.73 bits per heavy atom. The number of carbonyl (C=O) groups excluding carboxylic acids is 1. The van der Waals surface area contributed by atoms with E-state index in [1.54, 1.807) is 0 Å². The van der Waals surface area contributed by atoms with E-state index in [0.29, 0.717) is 5.91 Å². The number of hydrogen-bond donors (Lipinski definition) is 1. The van der Waals surface area contributed by atoms with Gasteiger partial charge in [-0.05, 0) is 38.2 Å². The molecule has 120 valence electrons. The predicted octanol–water partition coefficient (Wildman–Crippen LogP) is 2.15. The molecule has 0 bridgehead atoms. The highest BCUT2D eigenvalue weighted by Crippen LogP contribution is 2.17. The van der Waals surface area contributed by atoms with Gasteiger partial charge in [0.15, 0.2) is 0 Å². The fourth-order valence-corrected chi connectivity index (χ4v) is 4.01. The van der Waals surface area contributed by atoms with Crippen molar-refractivity contribution < 1.29 is 9.69 Å². The van der Waals surface area contributed by atoms with E-state index < -0.39 is 0 Å². The first-order valence-electron chi connectivity index (χ1n) is 8.60. The summed E-state index contributed by atoms with van der Waals surface area (Å²) in [5, 5.41) is 0.847. The first kappa shape index (κ1) is 15.8. The van der Waals surface area contributed by atoms with Gasteiger partial charge in [-0.1, -0.05) is 29.8 Å². The number of hydrogen-bond acceptors (Lipinski definition) is 1. The highest BCUT2D eigenvalue weighted by molar-refractivity contribution is 6.31. The molecular weight excluding hydrogens is 296 g/mol. The molecule has 1 amide bonds. The first-order chi connectivity index (χ1) is 10.7. The average molecular weight is 322 g/mol. The number of likely N-dealkylation sites (tertiary alicyclic amines) is 2. The average Bonchev–Trinajstić information content (AvgIpc) is 2.57. The number of halogens is 1. The van der Waals surface area contributed by atoms with E-state index in [4.69, 9.17) is 11.6 Å². The third-order valence-electron chi connectivity index (χ3n) is 5.03. The van der Waals surface area contributed by atoms with Crippen molar-refractivity contribution in [1.29, 1.82) is 0 Å². The zero-order valence-electron chi connectivity index (χ0n) is 13.2. The molecule has 0 aliphatic carbocycles. The van der Waals surface area contributed by atoms with E-state index in [9.17, 15) is 4.79 Å². The van der Waals surface area contributed by atoms with E-state index in [2.05, 4.69) is 11.0 Å². The van der Waals surface area contributed by atoms with Crippen molar-refractivity contribution in [3.63, 3.8) is 0 Å². The van der Waals surface area contributed by atoms with Crippen LogP contribution in [-0.2, 0) is 11.3 Å². The molecule has 0 spiro atoms. The van der Waals surface area contributed by atoms with Crippen LogP contribution in [0.5, 0.6) is 0 Å². The van der Waals surface area contributed by atoms with E-state index in [0.717, 1.165) is 50.6 Å². The van der Waals surface area contributed by atoms with E-state index in [1.807, 2.05) is 18.2 Å². The molecule has 1 aromatic carbocycles.